The molecule has 10 heteroatoms. The van der Waals surface area contributed by atoms with Crippen molar-refractivity contribution in [2.45, 2.75) is 41.9 Å². The van der Waals surface area contributed by atoms with Crippen LogP contribution >= 0.6 is 11.8 Å². The van der Waals surface area contributed by atoms with Crippen LogP contribution in [0.2, 0.25) is 0 Å². The number of ether oxygens (including phenoxy) is 1. The van der Waals surface area contributed by atoms with Crippen molar-refractivity contribution in [2.24, 2.45) is 14.1 Å². The number of aromatic nitrogens is 2. The predicted octanol–water partition coefficient (Wildman–Crippen LogP) is 3.74. The molecule has 3 aromatic rings. The van der Waals surface area contributed by atoms with Gasteiger partial charge in [0, 0.05) is 56.1 Å². The number of nitrogens with zero attached hydrogens (tertiary/aromatic N) is 5. The number of benzene rings is 2. The van der Waals surface area contributed by atoms with E-state index in [0.717, 1.165) is 67.9 Å². The van der Waals surface area contributed by atoms with E-state index < -0.39 is 5.41 Å². The third kappa shape index (κ3) is 5.67. The van der Waals surface area contributed by atoms with Crippen LogP contribution in [0.25, 0.3) is 0 Å². The van der Waals surface area contributed by atoms with Crippen molar-refractivity contribution in [1.29, 1.82) is 0 Å². The molecule has 41 heavy (non-hydrogen) atoms. The molecule has 9 nitrogen and oxygen atoms in total. The first-order valence-corrected chi connectivity index (χ1v) is 14.9. The topological polar surface area (TPSA) is 80.0 Å². The van der Waals surface area contributed by atoms with Crippen molar-refractivity contribution in [3.8, 4) is 0 Å². The predicted molar refractivity (Wildman–Crippen MR) is 164 cm³/mol. The molecule has 0 amide bonds. The normalized spacial score (nSPS) is 15.7. The fraction of sp³-hybridized carbons (Fsp3) is 0.452. The quantitative estimate of drug-likeness (QED) is 0.393. The minimum Gasteiger partial charge on any atom is -0.468 e. The lowest BCUT2D eigenvalue weighted by Gasteiger charge is -2.35. The van der Waals surface area contributed by atoms with Crippen LogP contribution in [0.1, 0.15) is 32.3 Å². The van der Waals surface area contributed by atoms with Crippen molar-refractivity contribution in [1.82, 2.24) is 14.0 Å². The van der Waals surface area contributed by atoms with Gasteiger partial charge in [0.2, 0.25) is 0 Å². The molecule has 0 N–H and O–H groups in total. The largest absolute Gasteiger partial charge is 0.468 e. The van der Waals surface area contributed by atoms with Crippen molar-refractivity contribution in [3.05, 3.63) is 74.9 Å². The Balaban J connectivity index is 1.30. The fourth-order valence-electron chi connectivity index (χ4n) is 5.73. The molecule has 0 aliphatic carbocycles. The lowest BCUT2D eigenvalue weighted by molar-refractivity contribution is -0.146. The van der Waals surface area contributed by atoms with Gasteiger partial charge in [-0.05, 0) is 69.6 Å². The Kier molecular flexibility index (Phi) is 8.33. The minimum absolute atomic E-state index is 0.251. The number of fused-ring (bicyclic) bond motifs is 2. The maximum absolute atomic E-state index is 12.6. The van der Waals surface area contributed by atoms with Crippen LogP contribution in [0.3, 0.4) is 0 Å². The summed E-state index contributed by atoms with van der Waals surface area (Å²) in [6.45, 7) is 9.00. The van der Waals surface area contributed by atoms with Crippen LogP contribution in [-0.2, 0) is 29.0 Å². The highest BCUT2D eigenvalue weighted by Crippen LogP contribution is 2.49. The second-order valence-corrected chi connectivity index (χ2v) is 12.4. The molecule has 3 heterocycles. The smallest absolute Gasteiger partial charge is 0.332 e. The molecule has 1 aromatic heterocycles. The monoisotopic (exact) mass is 577 g/mol. The highest BCUT2D eigenvalue weighted by Gasteiger charge is 2.33. The van der Waals surface area contributed by atoms with Gasteiger partial charge in [-0.25, -0.2) is 4.79 Å². The zero-order valence-corrected chi connectivity index (χ0v) is 25.4. The summed E-state index contributed by atoms with van der Waals surface area (Å²) >= 11 is 1.76. The molecule has 0 bridgehead atoms. The molecule has 1 fully saturated rings. The van der Waals surface area contributed by atoms with Crippen molar-refractivity contribution in [3.63, 3.8) is 0 Å². The number of hydrogen-bond donors (Lipinski definition) is 0. The molecular weight excluding hydrogens is 538 g/mol. The molecule has 0 spiro atoms. The van der Waals surface area contributed by atoms with E-state index in [0.29, 0.717) is 5.82 Å². The molecule has 0 saturated carbocycles. The van der Waals surface area contributed by atoms with Crippen LogP contribution in [0, 0.1) is 0 Å². The summed E-state index contributed by atoms with van der Waals surface area (Å²) in [4.78, 5) is 46.7. The molecule has 2 aliphatic heterocycles. The van der Waals surface area contributed by atoms with Gasteiger partial charge in [-0.15, -0.1) is 0 Å². The maximum Gasteiger partial charge on any atom is 0.332 e. The van der Waals surface area contributed by atoms with E-state index in [1.54, 1.807) is 29.4 Å². The number of methoxy groups -OCH3 is 1. The first-order valence-electron chi connectivity index (χ1n) is 14.1. The number of rotatable bonds is 7. The van der Waals surface area contributed by atoms with Gasteiger partial charge in [-0.2, -0.15) is 0 Å². The summed E-state index contributed by atoms with van der Waals surface area (Å²) in [5.74, 6) is 0.434. The van der Waals surface area contributed by atoms with Crippen molar-refractivity contribution >= 4 is 34.9 Å². The molecule has 2 aromatic carbocycles. The standard InChI is InChI=1S/C31H39N5O4S/c1-31(2,29(38)40-5)22-12-13-26-24(20-22)36(23-10-6-7-11-25(23)41-26)17-9-15-34-14-8-16-35(19-18-34)27-21-28(37)33(4)30(39)32(27)3/h6-7,10-13,20-21H,8-9,14-19H2,1-5H3. The Labute approximate surface area is 245 Å². The average Bonchev–Trinajstić information content (AvgIpc) is 3.22. The Morgan fingerprint density at radius 3 is 2.44 bits per heavy atom. The van der Waals surface area contributed by atoms with Crippen LogP contribution in [0.4, 0.5) is 17.2 Å². The Morgan fingerprint density at radius 1 is 0.902 bits per heavy atom. The van der Waals surface area contributed by atoms with Gasteiger partial charge in [-0.3, -0.25) is 18.7 Å². The molecule has 1 saturated heterocycles. The summed E-state index contributed by atoms with van der Waals surface area (Å²) in [7, 11) is 4.67. The zero-order valence-electron chi connectivity index (χ0n) is 24.6. The van der Waals surface area contributed by atoms with Crippen LogP contribution in [0.5, 0.6) is 0 Å². The molecular formula is C31H39N5O4S. The van der Waals surface area contributed by atoms with E-state index in [-0.39, 0.29) is 17.2 Å². The second-order valence-electron chi connectivity index (χ2n) is 11.3. The van der Waals surface area contributed by atoms with E-state index in [1.165, 1.54) is 29.6 Å². The molecule has 2 aliphatic rings. The third-order valence-electron chi connectivity index (χ3n) is 8.31. The number of hydrogen-bond acceptors (Lipinski definition) is 8. The van der Waals surface area contributed by atoms with Crippen LogP contribution < -0.4 is 21.0 Å². The first kappa shape index (κ1) is 29.0. The van der Waals surface area contributed by atoms with E-state index in [4.69, 9.17) is 4.74 Å². The van der Waals surface area contributed by atoms with Gasteiger partial charge in [0.15, 0.2) is 0 Å². The van der Waals surface area contributed by atoms with E-state index in [9.17, 15) is 14.4 Å². The summed E-state index contributed by atoms with van der Waals surface area (Å²) in [5.41, 5.74) is 1.92. The first-order chi connectivity index (χ1) is 19.6. The van der Waals surface area contributed by atoms with Crippen molar-refractivity contribution in [2.75, 3.05) is 56.2 Å². The number of para-hydroxylation sites is 1. The average molecular weight is 578 g/mol. The third-order valence-corrected chi connectivity index (χ3v) is 9.44. The fourth-order valence-corrected chi connectivity index (χ4v) is 6.81. The zero-order chi connectivity index (χ0) is 29.3. The molecule has 0 unspecified atom stereocenters. The number of carbonyl (C=O) groups is 1. The summed E-state index contributed by atoms with van der Waals surface area (Å²) in [5, 5.41) is 0. The highest BCUT2D eigenvalue weighted by molar-refractivity contribution is 7.99. The lowest BCUT2D eigenvalue weighted by Crippen LogP contribution is -2.41. The highest BCUT2D eigenvalue weighted by atomic mass is 32.2. The van der Waals surface area contributed by atoms with Gasteiger partial charge in [0.25, 0.3) is 5.56 Å². The number of carbonyl (C=O) groups excluding carboxylic acids is 1. The van der Waals surface area contributed by atoms with Gasteiger partial charge >= 0.3 is 11.7 Å². The van der Waals surface area contributed by atoms with Gasteiger partial charge in [0.05, 0.1) is 23.9 Å². The summed E-state index contributed by atoms with van der Waals surface area (Å²) in [6.07, 6.45) is 1.93. The Hall–Kier alpha value is -3.50. The molecule has 5 rings (SSSR count). The molecule has 218 valence electrons. The maximum atomic E-state index is 12.6. The van der Waals surface area contributed by atoms with Crippen LogP contribution in [-0.4, -0.2) is 66.4 Å². The van der Waals surface area contributed by atoms with Crippen molar-refractivity contribution < 1.29 is 9.53 Å². The minimum atomic E-state index is -0.749. The lowest BCUT2D eigenvalue weighted by atomic mass is 9.84. The number of esters is 1. The second kappa shape index (κ2) is 11.8. The Bertz CT molecular complexity index is 1560. The van der Waals surface area contributed by atoms with E-state index in [2.05, 4.69) is 51.1 Å². The van der Waals surface area contributed by atoms with Gasteiger partial charge in [-0.1, -0.05) is 30.0 Å². The summed E-state index contributed by atoms with van der Waals surface area (Å²) < 4.78 is 7.80. The Morgan fingerprint density at radius 2 is 1.66 bits per heavy atom. The SMILES string of the molecule is COC(=O)C(C)(C)c1ccc2c(c1)N(CCCN1CCCN(c3cc(=O)n(C)c(=O)n3C)CC1)c1ccccc1S2. The number of anilines is 3. The van der Waals surface area contributed by atoms with Gasteiger partial charge < -0.3 is 19.4 Å². The molecule has 0 radical (unpaired) electrons. The van der Waals surface area contributed by atoms with Gasteiger partial charge in [0.1, 0.15) is 5.82 Å². The van der Waals surface area contributed by atoms with E-state index >= 15 is 0 Å². The van der Waals surface area contributed by atoms with Crippen LogP contribution in [0.15, 0.2) is 67.9 Å². The van der Waals surface area contributed by atoms with E-state index in [1.807, 2.05) is 19.9 Å². The molecule has 0 atom stereocenters. The summed E-state index contributed by atoms with van der Waals surface area (Å²) in [6, 6.07) is 16.4.